The highest BCUT2D eigenvalue weighted by molar-refractivity contribution is 6.67. The number of halogens is 2. The Bertz CT molecular complexity index is 370. The summed E-state index contributed by atoms with van der Waals surface area (Å²) in [5.41, 5.74) is -0.0572. The molecule has 0 spiro atoms. The average Bonchev–Trinajstić information content (AvgIpc) is 2.03. The van der Waals surface area contributed by atoms with Crippen LogP contribution in [0.3, 0.4) is 0 Å². The topological polar surface area (TPSA) is 21.4 Å². The Hall–Kier alpha value is -1.40. The van der Waals surface area contributed by atoms with Crippen molar-refractivity contribution >= 4 is 22.5 Å². The first-order valence-corrected chi connectivity index (χ1v) is 3.40. The first-order valence-electron chi connectivity index (χ1n) is 3.02. The van der Waals surface area contributed by atoms with Gasteiger partial charge in [-0.15, -0.1) is 0 Å². The molecule has 0 N–H and O–H groups in total. The Morgan fingerprint density at radius 1 is 1.58 bits per heavy atom. The maximum Gasteiger partial charge on any atom is 0.255 e. The molecule has 0 unspecified atom stereocenters. The van der Waals surface area contributed by atoms with Crippen LogP contribution in [0.4, 0.5) is 10.1 Å². The maximum atomic E-state index is 12.8. The molecule has 1 aromatic carbocycles. The SMILES string of the molecule is [C-]#[N+]c1ccc(C(=O)Cl)c(F)c1. The third-order valence-electron chi connectivity index (χ3n) is 1.29. The quantitative estimate of drug-likeness (QED) is 0.485. The lowest BCUT2D eigenvalue weighted by molar-refractivity contribution is 0.107. The molecule has 0 bridgehead atoms. The number of benzene rings is 1. The molecule has 4 heteroatoms. The zero-order chi connectivity index (χ0) is 9.14. The van der Waals surface area contributed by atoms with Crippen molar-refractivity contribution in [1.29, 1.82) is 0 Å². The van der Waals surface area contributed by atoms with E-state index in [9.17, 15) is 9.18 Å². The van der Waals surface area contributed by atoms with Gasteiger partial charge in [-0.25, -0.2) is 9.24 Å². The Labute approximate surface area is 73.4 Å². The third-order valence-corrected chi connectivity index (χ3v) is 1.50. The number of carbonyl (C=O) groups excluding carboxylic acids is 1. The van der Waals surface area contributed by atoms with Crippen LogP contribution in [0.15, 0.2) is 18.2 Å². The summed E-state index contributed by atoms with van der Waals surface area (Å²) in [7, 11) is 0. The summed E-state index contributed by atoms with van der Waals surface area (Å²) in [4.78, 5) is 13.5. The smallest absolute Gasteiger partial charge is 0.255 e. The Kier molecular flexibility index (Phi) is 2.41. The molecule has 0 aromatic heterocycles. The minimum Gasteiger partial charge on any atom is -0.275 e. The number of rotatable bonds is 1. The van der Waals surface area contributed by atoms with Crippen molar-refractivity contribution in [3.63, 3.8) is 0 Å². The summed E-state index contributed by atoms with van der Waals surface area (Å²) in [5.74, 6) is -0.761. The van der Waals surface area contributed by atoms with Gasteiger partial charge in [0.15, 0.2) is 5.69 Å². The van der Waals surface area contributed by atoms with Crippen molar-refractivity contribution in [1.82, 2.24) is 0 Å². The fourth-order valence-electron chi connectivity index (χ4n) is 0.733. The molecule has 0 atom stereocenters. The second-order valence-corrected chi connectivity index (χ2v) is 2.39. The van der Waals surface area contributed by atoms with Gasteiger partial charge in [0, 0.05) is 0 Å². The van der Waals surface area contributed by atoms with Gasteiger partial charge >= 0.3 is 0 Å². The molecule has 0 amide bonds. The van der Waals surface area contributed by atoms with Crippen LogP contribution in [-0.4, -0.2) is 5.24 Å². The number of nitrogens with zero attached hydrogens (tertiary/aromatic N) is 1. The van der Waals surface area contributed by atoms with Crippen LogP contribution in [0.1, 0.15) is 10.4 Å². The van der Waals surface area contributed by atoms with Crippen LogP contribution in [0.25, 0.3) is 4.85 Å². The lowest BCUT2D eigenvalue weighted by Gasteiger charge is -1.95. The fourth-order valence-corrected chi connectivity index (χ4v) is 0.886. The highest BCUT2D eigenvalue weighted by Crippen LogP contribution is 2.18. The molecular weight excluding hydrogens is 181 g/mol. The van der Waals surface area contributed by atoms with Crippen LogP contribution in [-0.2, 0) is 0 Å². The first-order chi connectivity index (χ1) is 5.65. The zero-order valence-corrected chi connectivity index (χ0v) is 6.60. The van der Waals surface area contributed by atoms with E-state index in [1.165, 1.54) is 12.1 Å². The molecule has 0 saturated heterocycles. The van der Waals surface area contributed by atoms with Gasteiger partial charge in [0.1, 0.15) is 5.82 Å². The lowest BCUT2D eigenvalue weighted by atomic mass is 10.2. The standard InChI is InChI=1S/C8H3ClFNO/c1-11-5-2-3-6(8(9)12)7(10)4-5/h2-4H. The van der Waals surface area contributed by atoms with Crippen molar-refractivity contribution in [2.24, 2.45) is 0 Å². The predicted molar refractivity (Wildman–Crippen MR) is 42.8 cm³/mol. The van der Waals surface area contributed by atoms with Gasteiger partial charge in [-0.3, -0.25) is 4.79 Å². The highest BCUT2D eigenvalue weighted by atomic mass is 35.5. The van der Waals surface area contributed by atoms with Crippen LogP contribution in [0, 0.1) is 12.4 Å². The number of hydrogen-bond acceptors (Lipinski definition) is 1. The summed E-state index contributed by atoms with van der Waals surface area (Å²) in [5, 5.41) is -0.857. The second kappa shape index (κ2) is 3.33. The predicted octanol–water partition coefficient (Wildman–Crippen LogP) is 2.76. The van der Waals surface area contributed by atoms with Gasteiger partial charge in [0.25, 0.3) is 5.24 Å². The summed E-state index contributed by atoms with van der Waals surface area (Å²) >= 11 is 5.05. The number of carbonyl (C=O) groups is 1. The normalized spacial score (nSPS) is 9.08. The summed E-state index contributed by atoms with van der Waals surface area (Å²) in [6, 6.07) is 3.51. The molecular formula is C8H3ClFNO. The van der Waals surface area contributed by atoms with Crippen molar-refractivity contribution in [3.8, 4) is 0 Å². The van der Waals surface area contributed by atoms with E-state index in [4.69, 9.17) is 18.2 Å². The van der Waals surface area contributed by atoms with E-state index >= 15 is 0 Å². The van der Waals surface area contributed by atoms with E-state index in [0.29, 0.717) is 0 Å². The summed E-state index contributed by atoms with van der Waals surface area (Å²) < 4.78 is 12.8. The second-order valence-electron chi connectivity index (χ2n) is 2.05. The largest absolute Gasteiger partial charge is 0.275 e. The molecule has 1 rings (SSSR count). The minimum atomic E-state index is -0.857. The van der Waals surface area contributed by atoms with E-state index < -0.39 is 11.1 Å². The molecule has 60 valence electrons. The monoisotopic (exact) mass is 183 g/mol. The zero-order valence-electron chi connectivity index (χ0n) is 5.84. The molecule has 1 aromatic rings. The van der Waals surface area contributed by atoms with E-state index in [-0.39, 0.29) is 11.3 Å². The van der Waals surface area contributed by atoms with Crippen molar-refractivity contribution in [3.05, 3.63) is 41.0 Å². The van der Waals surface area contributed by atoms with Crippen LogP contribution >= 0.6 is 11.6 Å². The fraction of sp³-hybridized carbons (Fsp3) is 0. The first kappa shape index (κ1) is 8.69. The molecule has 0 aliphatic carbocycles. The van der Waals surface area contributed by atoms with Crippen molar-refractivity contribution < 1.29 is 9.18 Å². The molecule has 0 radical (unpaired) electrons. The molecule has 0 fully saturated rings. The highest BCUT2D eigenvalue weighted by Gasteiger charge is 2.08. The molecule has 0 aliphatic rings. The Morgan fingerprint density at radius 3 is 2.67 bits per heavy atom. The van der Waals surface area contributed by atoms with Gasteiger partial charge in [0.2, 0.25) is 0 Å². The molecule has 0 aliphatic heterocycles. The van der Waals surface area contributed by atoms with Crippen molar-refractivity contribution in [2.45, 2.75) is 0 Å². The minimum absolute atomic E-state index is 0.147. The Morgan fingerprint density at radius 2 is 2.25 bits per heavy atom. The molecule has 0 saturated carbocycles. The maximum absolute atomic E-state index is 12.8. The average molecular weight is 184 g/mol. The van der Waals surface area contributed by atoms with E-state index in [2.05, 4.69) is 4.85 Å². The summed E-state index contributed by atoms with van der Waals surface area (Å²) in [6.45, 7) is 6.56. The van der Waals surface area contributed by atoms with E-state index in [1.807, 2.05) is 0 Å². The van der Waals surface area contributed by atoms with Crippen LogP contribution < -0.4 is 0 Å². The van der Waals surface area contributed by atoms with Crippen LogP contribution in [0.5, 0.6) is 0 Å². The van der Waals surface area contributed by atoms with Gasteiger partial charge in [0.05, 0.1) is 12.1 Å². The molecule has 2 nitrogen and oxygen atoms in total. The van der Waals surface area contributed by atoms with E-state index in [1.54, 1.807) is 0 Å². The third kappa shape index (κ3) is 1.60. The lowest BCUT2D eigenvalue weighted by Crippen LogP contribution is -1.92. The molecule has 12 heavy (non-hydrogen) atoms. The van der Waals surface area contributed by atoms with Gasteiger partial charge in [-0.05, 0) is 17.7 Å². The number of hydrogen-bond donors (Lipinski definition) is 0. The van der Waals surface area contributed by atoms with Gasteiger partial charge < -0.3 is 0 Å². The van der Waals surface area contributed by atoms with Crippen molar-refractivity contribution in [2.75, 3.05) is 0 Å². The van der Waals surface area contributed by atoms with Gasteiger partial charge in [-0.2, -0.15) is 0 Å². The van der Waals surface area contributed by atoms with Crippen LogP contribution in [0.2, 0.25) is 0 Å². The Balaban J connectivity index is 3.23. The van der Waals surface area contributed by atoms with E-state index in [0.717, 1.165) is 6.07 Å². The molecule has 0 heterocycles. The van der Waals surface area contributed by atoms with Gasteiger partial charge in [-0.1, -0.05) is 12.1 Å². The summed E-state index contributed by atoms with van der Waals surface area (Å²) in [6.07, 6.45) is 0.